The summed E-state index contributed by atoms with van der Waals surface area (Å²) in [6.07, 6.45) is 1.53. The van der Waals surface area contributed by atoms with E-state index in [4.69, 9.17) is 5.11 Å². The fraction of sp³-hybridized carbons (Fsp3) is 0.0833. The summed E-state index contributed by atoms with van der Waals surface area (Å²) in [5, 5.41) is 15.7. The van der Waals surface area contributed by atoms with Crippen LogP contribution < -0.4 is 0 Å². The topological polar surface area (TPSA) is 94.7 Å². The molecule has 2 aromatic heterocycles. The molecule has 0 aliphatic heterocycles. The minimum absolute atomic E-state index is 0.0973. The number of carboxylic acids is 1. The van der Waals surface area contributed by atoms with Gasteiger partial charge in [-0.25, -0.2) is 4.98 Å². The van der Waals surface area contributed by atoms with Crippen LogP contribution in [0.4, 0.5) is 0 Å². The molecule has 7 heteroatoms. The molecule has 6 nitrogen and oxygen atoms in total. The van der Waals surface area contributed by atoms with Gasteiger partial charge in [-0.2, -0.15) is 5.10 Å². The largest absolute Gasteiger partial charge is 0.481 e. The van der Waals surface area contributed by atoms with Crippen LogP contribution in [-0.2, 0) is 11.2 Å². The van der Waals surface area contributed by atoms with Gasteiger partial charge in [-0.1, -0.05) is 6.07 Å². The van der Waals surface area contributed by atoms with Gasteiger partial charge >= 0.3 is 5.97 Å². The zero-order chi connectivity index (χ0) is 13.4. The van der Waals surface area contributed by atoms with E-state index in [1.54, 1.807) is 6.33 Å². The van der Waals surface area contributed by atoms with Gasteiger partial charge in [0.15, 0.2) is 0 Å². The van der Waals surface area contributed by atoms with Gasteiger partial charge in [0.2, 0.25) is 0 Å². The highest BCUT2D eigenvalue weighted by Crippen LogP contribution is 2.30. The molecule has 0 aliphatic rings. The number of benzene rings is 1. The monoisotopic (exact) mass is 320 g/mol. The molecule has 2 heterocycles. The standard InChI is InChI=1S/C12H9BrN4O2/c13-11-9(4-10(18)19)16-17-12(11)6-1-2-7-8(3-6)15-5-14-7/h1-3,5H,4H2,(H,14,15)(H,16,17)(H,18,19). The first-order valence-corrected chi connectivity index (χ1v) is 6.32. The minimum Gasteiger partial charge on any atom is -0.481 e. The predicted molar refractivity (Wildman–Crippen MR) is 72.7 cm³/mol. The maximum absolute atomic E-state index is 10.7. The zero-order valence-corrected chi connectivity index (χ0v) is 11.2. The van der Waals surface area contributed by atoms with Crippen molar-refractivity contribution in [1.82, 2.24) is 20.2 Å². The van der Waals surface area contributed by atoms with E-state index in [0.29, 0.717) is 15.9 Å². The lowest BCUT2D eigenvalue weighted by Crippen LogP contribution is -2.00. The molecule has 3 N–H and O–H groups in total. The van der Waals surface area contributed by atoms with Crippen LogP contribution in [0.25, 0.3) is 22.3 Å². The molecule has 0 atom stereocenters. The normalized spacial score (nSPS) is 11.0. The Bertz CT molecular complexity index is 762. The maximum atomic E-state index is 10.7. The SMILES string of the molecule is O=C(O)Cc1[nH]nc(-c2ccc3nc[nH]c3c2)c1Br. The number of fused-ring (bicyclic) bond motifs is 1. The summed E-state index contributed by atoms with van der Waals surface area (Å²) in [6.45, 7) is 0. The summed E-state index contributed by atoms with van der Waals surface area (Å²) in [5.74, 6) is -0.903. The number of hydrogen-bond donors (Lipinski definition) is 3. The van der Waals surface area contributed by atoms with Gasteiger partial charge < -0.3 is 10.1 Å². The molecule has 3 rings (SSSR count). The summed E-state index contributed by atoms with van der Waals surface area (Å²) >= 11 is 3.39. The first kappa shape index (κ1) is 11.9. The Balaban J connectivity index is 2.05. The van der Waals surface area contributed by atoms with Gasteiger partial charge in [0.1, 0.15) is 5.69 Å². The zero-order valence-electron chi connectivity index (χ0n) is 9.64. The van der Waals surface area contributed by atoms with E-state index >= 15 is 0 Å². The Morgan fingerprint density at radius 2 is 2.26 bits per heavy atom. The fourth-order valence-electron chi connectivity index (χ4n) is 1.91. The van der Waals surface area contributed by atoms with E-state index in [1.165, 1.54) is 0 Å². The van der Waals surface area contributed by atoms with Gasteiger partial charge in [0.05, 0.1) is 33.9 Å². The summed E-state index contributed by atoms with van der Waals surface area (Å²) in [4.78, 5) is 17.9. The number of aliphatic carboxylic acids is 1. The Hall–Kier alpha value is -2.15. The third-order valence-corrected chi connectivity index (χ3v) is 3.65. The second kappa shape index (κ2) is 4.51. The van der Waals surface area contributed by atoms with Crippen LogP contribution in [0.5, 0.6) is 0 Å². The van der Waals surface area contributed by atoms with Crippen molar-refractivity contribution in [3.63, 3.8) is 0 Å². The van der Waals surface area contributed by atoms with Crippen molar-refractivity contribution in [1.29, 1.82) is 0 Å². The van der Waals surface area contributed by atoms with Gasteiger partial charge in [0, 0.05) is 5.56 Å². The van der Waals surface area contributed by atoms with Crippen molar-refractivity contribution in [2.24, 2.45) is 0 Å². The highest BCUT2D eigenvalue weighted by atomic mass is 79.9. The molecule has 0 saturated carbocycles. The first-order chi connectivity index (χ1) is 9.15. The van der Waals surface area contributed by atoms with E-state index < -0.39 is 5.97 Å². The number of carboxylic acid groups (broad SMARTS) is 1. The van der Waals surface area contributed by atoms with Crippen molar-refractivity contribution in [2.45, 2.75) is 6.42 Å². The average Bonchev–Trinajstić information content (AvgIpc) is 2.96. The van der Waals surface area contributed by atoms with Crippen LogP contribution >= 0.6 is 15.9 Å². The van der Waals surface area contributed by atoms with Crippen molar-refractivity contribution < 1.29 is 9.90 Å². The molecule has 0 fully saturated rings. The lowest BCUT2D eigenvalue weighted by Gasteiger charge is -1.98. The summed E-state index contributed by atoms with van der Waals surface area (Å²) in [7, 11) is 0. The number of aromatic amines is 2. The smallest absolute Gasteiger partial charge is 0.309 e. The minimum atomic E-state index is -0.903. The number of imidazole rings is 1. The second-order valence-electron chi connectivity index (χ2n) is 4.07. The van der Waals surface area contributed by atoms with Crippen molar-refractivity contribution in [3.8, 4) is 11.3 Å². The molecule has 96 valence electrons. The number of hydrogen-bond acceptors (Lipinski definition) is 3. The molecule has 1 aromatic carbocycles. The lowest BCUT2D eigenvalue weighted by atomic mass is 10.1. The number of carbonyl (C=O) groups is 1. The summed E-state index contributed by atoms with van der Waals surface area (Å²) in [5.41, 5.74) is 3.91. The Morgan fingerprint density at radius 1 is 1.42 bits per heavy atom. The Morgan fingerprint density at radius 3 is 3.05 bits per heavy atom. The van der Waals surface area contributed by atoms with Crippen LogP contribution in [0, 0.1) is 0 Å². The van der Waals surface area contributed by atoms with Crippen LogP contribution in [0.1, 0.15) is 5.69 Å². The first-order valence-electron chi connectivity index (χ1n) is 5.53. The summed E-state index contributed by atoms with van der Waals surface area (Å²) in [6, 6.07) is 5.71. The van der Waals surface area contributed by atoms with Crippen LogP contribution in [0.15, 0.2) is 29.0 Å². The number of rotatable bonds is 3. The van der Waals surface area contributed by atoms with Gasteiger partial charge in [-0.05, 0) is 28.1 Å². The van der Waals surface area contributed by atoms with E-state index in [2.05, 4.69) is 36.1 Å². The number of aromatic nitrogens is 4. The Labute approximate surface area is 116 Å². The molecule has 0 unspecified atom stereocenters. The van der Waals surface area contributed by atoms with Crippen molar-refractivity contribution in [2.75, 3.05) is 0 Å². The number of nitrogens with one attached hydrogen (secondary N) is 2. The second-order valence-corrected chi connectivity index (χ2v) is 4.86. The van der Waals surface area contributed by atoms with Crippen LogP contribution in [0.2, 0.25) is 0 Å². The number of H-pyrrole nitrogens is 2. The quantitative estimate of drug-likeness (QED) is 0.690. The number of halogens is 1. The van der Waals surface area contributed by atoms with Gasteiger partial charge in [0.25, 0.3) is 0 Å². The molecule has 0 aliphatic carbocycles. The van der Waals surface area contributed by atoms with Crippen molar-refractivity contribution >= 4 is 32.9 Å². The van der Waals surface area contributed by atoms with Gasteiger partial charge in [-0.15, -0.1) is 0 Å². The van der Waals surface area contributed by atoms with Crippen LogP contribution in [-0.4, -0.2) is 31.2 Å². The van der Waals surface area contributed by atoms with E-state index in [-0.39, 0.29) is 6.42 Å². The third kappa shape index (κ3) is 2.12. The van der Waals surface area contributed by atoms with Crippen molar-refractivity contribution in [3.05, 3.63) is 34.7 Å². The van der Waals surface area contributed by atoms with E-state index in [0.717, 1.165) is 16.6 Å². The predicted octanol–water partition coefficient (Wildman–Crippen LogP) is 2.34. The molecular weight excluding hydrogens is 312 g/mol. The molecule has 0 bridgehead atoms. The van der Waals surface area contributed by atoms with Gasteiger partial charge in [-0.3, -0.25) is 9.89 Å². The lowest BCUT2D eigenvalue weighted by molar-refractivity contribution is -0.136. The molecule has 0 spiro atoms. The molecular formula is C12H9BrN4O2. The highest BCUT2D eigenvalue weighted by Gasteiger charge is 2.15. The third-order valence-electron chi connectivity index (χ3n) is 2.80. The molecule has 0 amide bonds. The molecule has 19 heavy (non-hydrogen) atoms. The average molecular weight is 321 g/mol. The molecule has 3 aromatic rings. The maximum Gasteiger partial charge on any atom is 0.309 e. The Kier molecular flexibility index (Phi) is 2.83. The summed E-state index contributed by atoms with van der Waals surface area (Å²) < 4.78 is 0.675. The molecule has 0 radical (unpaired) electrons. The number of nitrogens with zero attached hydrogens (tertiary/aromatic N) is 2. The van der Waals surface area contributed by atoms with Crippen LogP contribution in [0.3, 0.4) is 0 Å². The fourth-order valence-corrected chi connectivity index (χ4v) is 2.45. The van der Waals surface area contributed by atoms with E-state index in [9.17, 15) is 4.79 Å². The van der Waals surface area contributed by atoms with E-state index in [1.807, 2.05) is 18.2 Å². The molecule has 0 saturated heterocycles. The highest BCUT2D eigenvalue weighted by molar-refractivity contribution is 9.10.